The molecule has 1 aliphatic rings. The lowest BCUT2D eigenvalue weighted by Gasteiger charge is -2.41. The number of rotatable bonds is 6. The molecule has 0 spiro atoms. The first-order valence-corrected chi connectivity index (χ1v) is 11.3. The highest BCUT2D eigenvalue weighted by Crippen LogP contribution is 2.36. The van der Waals surface area contributed by atoms with Gasteiger partial charge in [-0.15, -0.1) is 0 Å². The second kappa shape index (κ2) is 8.94. The molecule has 5 atom stereocenters. The van der Waals surface area contributed by atoms with Crippen molar-refractivity contribution in [2.45, 2.75) is 47.4 Å². The number of aliphatic hydroxyl groups is 2. The van der Waals surface area contributed by atoms with E-state index in [1.165, 1.54) is 23.9 Å². The Bertz CT molecular complexity index is 869. The largest absolute Gasteiger partial charge is 0.390 e. The fourth-order valence-electron chi connectivity index (χ4n) is 2.90. The van der Waals surface area contributed by atoms with Gasteiger partial charge in [0, 0.05) is 10.8 Å². The maximum Gasteiger partial charge on any atom is 0.297 e. The van der Waals surface area contributed by atoms with Crippen molar-refractivity contribution in [3.8, 4) is 0 Å². The van der Waals surface area contributed by atoms with Gasteiger partial charge in [-0.05, 0) is 31.2 Å². The van der Waals surface area contributed by atoms with Crippen LogP contribution in [0.4, 0.5) is 0 Å². The van der Waals surface area contributed by atoms with Crippen LogP contribution in [0.1, 0.15) is 12.5 Å². The average molecular weight is 425 g/mol. The number of aliphatic hydroxyl groups excluding tert-OH is 2. The van der Waals surface area contributed by atoms with Gasteiger partial charge in [-0.1, -0.05) is 54.6 Å². The van der Waals surface area contributed by atoms with E-state index in [0.29, 0.717) is 0 Å². The Balaban J connectivity index is 1.69. The van der Waals surface area contributed by atoms with Crippen LogP contribution in [-0.2, 0) is 19.0 Å². The normalized spacial score (nSPS) is 28.2. The predicted octanol–water partition coefficient (Wildman–Crippen LogP) is 2.58. The molecule has 8 heteroatoms. The van der Waals surface area contributed by atoms with Crippen molar-refractivity contribution in [1.82, 2.24) is 0 Å². The number of hydrogen-bond donors (Lipinski definition) is 2. The van der Waals surface area contributed by atoms with E-state index in [1.54, 1.807) is 19.1 Å². The monoisotopic (exact) mass is 424 g/mol. The molecule has 1 aliphatic heterocycles. The summed E-state index contributed by atoms with van der Waals surface area (Å²) in [6, 6.07) is 15.8. The highest BCUT2D eigenvalue weighted by molar-refractivity contribution is 7.99. The molecular weight excluding hydrogens is 400 g/mol. The van der Waals surface area contributed by atoms with Gasteiger partial charge in [0.1, 0.15) is 17.6 Å². The minimum atomic E-state index is -3.99. The lowest BCUT2D eigenvalue weighted by molar-refractivity contribution is -0.178. The summed E-state index contributed by atoms with van der Waals surface area (Å²) in [6.45, 7) is 3.26. The second-order valence-corrected chi connectivity index (χ2v) is 9.65. The molecule has 1 fully saturated rings. The minimum absolute atomic E-state index is 0.0347. The van der Waals surface area contributed by atoms with Crippen LogP contribution in [0.15, 0.2) is 64.4 Å². The molecule has 152 valence electrons. The zero-order valence-electron chi connectivity index (χ0n) is 15.6. The fourth-order valence-corrected chi connectivity index (χ4v) is 4.98. The van der Waals surface area contributed by atoms with Crippen molar-refractivity contribution in [2.24, 2.45) is 5.92 Å². The van der Waals surface area contributed by atoms with E-state index < -0.39 is 33.9 Å². The third-order valence-electron chi connectivity index (χ3n) is 4.70. The molecule has 0 bridgehead atoms. The summed E-state index contributed by atoms with van der Waals surface area (Å²) in [7, 11) is -3.99. The molecule has 0 radical (unpaired) electrons. The maximum atomic E-state index is 12.4. The molecule has 0 aliphatic carbocycles. The molecule has 0 aromatic heterocycles. The van der Waals surface area contributed by atoms with E-state index in [2.05, 4.69) is 0 Å². The van der Waals surface area contributed by atoms with E-state index in [-0.39, 0.29) is 17.4 Å². The first-order valence-electron chi connectivity index (χ1n) is 8.97. The van der Waals surface area contributed by atoms with Gasteiger partial charge in [0.2, 0.25) is 0 Å². The molecule has 0 amide bonds. The third-order valence-corrected chi connectivity index (χ3v) is 7.31. The molecule has 2 aromatic carbocycles. The fraction of sp³-hybridized carbons (Fsp3) is 0.400. The molecule has 6 nitrogen and oxygen atoms in total. The Kier molecular flexibility index (Phi) is 6.80. The summed E-state index contributed by atoms with van der Waals surface area (Å²) in [5.74, 6) is -0.342. The van der Waals surface area contributed by atoms with Crippen molar-refractivity contribution in [1.29, 1.82) is 0 Å². The molecule has 28 heavy (non-hydrogen) atoms. The Morgan fingerprint density at radius 1 is 1.04 bits per heavy atom. The zero-order chi connectivity index (χ0) is 20.3. The minimum Gasteiger partial charge on any atom is -0.390 e. The van der Waals surface area contributed by atoms with Gasteiger partial charge < -0.3 is 14.9 Å². The van der Waals surface area contributed by atoms with Crippen molar-refractivity contribution in [3.05, 3.63) is 60.2 Å². The number of benzene rings is 2. The first kappa shape index (κ1) is 21.3. The standard InChI is InChI=1S/C20H24O6S2/c1-13-8-10-16(11-9-13)28(23,24)25-12-17-19(22)18(21)14(2)20(26-17)27-15-6-4-3-5-7-15/h3-11,14,17-22H,12H2,1-2H3/t14?,17?,18-,19-,20+/m1/s1. The highest BCUT2D eigenvalue weighted by atomic mass is 32.2. The topological polar surface area (TPSA) is 93.1 Å². The summed E-state index contributed by atoms with van der Waals surface area (Å²) in [5, 5.41) is 20.7. The summed E-state index contributed by atoms with van der Waals surface area (Å²) >= 11 is 1.42. The Morgan fingerprint density at radius 3 is 2.32 bits per heavy atom. The highest BCUT2D eigenvalue weighted by Gasteiger charge is 2.43. The number of thioether (sulfide) groups is 1. The smallest absolute Gasteiger partial charge is 0.297 e. The number of ether oxygens (including phenoxy) is 1. The quantitative estimate of drug-likeness (QED) is 0.689. The molecule has 2 aromatic rings. The summed E-state index contributed by atoms with van der Waals surface area (Å²) < 4.78 is 35.8. The van der Waals surface area contributed by atoms with Crippen LogP contribution in [0, 0.1) is 12.8 Å². The van der Waals surface area contributed by atoms with E-state index >= 15 is 0 Å². The molecule has 3 rings (SSSR count). The maximum absolute atomic E-state index is 12.4. The van der Waals surface area contributed by atoms with Crippen LogP contribution in [0.2, 0.25) is 0 Å². The van der Waals surface area contributed by atoms with Gasteiger partial charge in [0.05, 0.1) is 17.6 Å². The molecule has 1 saturated heterocycles. The Labute approximate surface area is 169 Å². The van der Waals surface area contributed by atoms with Crippen LogP contribution < -0.4 is 0 Å². The Hall–Kier alpha value is -1.42. The molecule has 0 saturated carbocycles. The average Bonchev–Trinajstić information content (AvgIpc) is 2.68. The molecular formula is C20H24O6S2. The van der Waals surface area contributed by atoms with E-state index in [9.17, 15) is 18.6 Å². The summed E-state index contributed by atoms with van der Waals surface area (Å²) in [6.07, 6.45) is -3.26. The molecule has 2 unspecified atom stereocenters. The van der Waals surface area contributed by atoms with Crippen LogP contribution in [-0.4, -0.2) is 49.0 Å². The van der Waals surface area contributed by atoms with Gasteiger partial charge in [-0.25, -0.2) is 0 Å². The lowest BCUT2D eigenvalue weighted by Crippen LogP contribution is -2.54. The van der Waals surface area contributed by atoms with Gasteiger partial charge >= 0.3 is 0 Å². The van der Waals surface area contributed by atoms with Crippen LogP contribution in [0.25, 0.3) is 0 Å². The van der Waals surface area contributed by atoms with Crippen molar-refractivity contribution >= 4 is 21.9 Å². The molecule has 2 N–H and O–H groups in total. The van der Waals surface area contributed by atoms with E-state index in [4.69, 9.17) is 8.92 Å². The second-order valence-electron chi connectivity index (χ2n) is 6.87. The number of aryl methyl sites for hydroxylation is 1. The summed E-state index contributed by atoms with van der Waals surface area (Å²) in [4.78, 5) is 0.988. The first-order chi connectivity index (χ1) is 13.3. The SMILES string of the molecule is Cc1ccc(S(=O)(=O)OCC2O[C@@H](Sc3ccccc3)C(C)[C@@H](O)[C@@H]2O)cc1. The zero-order valence-corrected chi connectivity index (χ0v) is 17.3. The Morgan fingerprint density at radius 2 is 1.68 bits per heavy atom. The summed E-state index contributed by atoms with van der Waals surface area (Å²) in [5.41, 5.74) is 0.486. The van der Waals surface area contributed by atoms with E-state index in [1.807, 2.05) is 37.3 Å². The van der Waals surface area contributed by atoms with Crippen molar-refractivity contribution in [2.75, 3.05) is 6.61 Å². The van der Waals surface area contributed by atoms with Crippen molar-refractivity contribution in [3.63, 3.8) is 0 Å². The van der Waals surface area contributed by atoms with E-state index in [0.717, 1.165) is 10.5 Å². The van der Waals surface area contributed by atoms with Crippen LogP contribution in [0.5, 0.6) is 0 Å². The van der Waals surface area contributed by atoms with Gasteiger partial charge in [-0.2, -0.15) is 8.42 Å². The number of hydrogen-bond acceptors (Lipinski definition) is 7. The molecule has 1 heterocycles. The third kappa shape index (κ3) is 4.94. The van der Waals surface area contributed by atoms with Crippen LogP contribution >= 0.6 is 11.8 Å². The lowest BCUT2D eigenvalue weighted by atomic mass is 9.94. The van der Waals surface area contributed by atoms with Gasteiger partial charge in [-0.3, -0.25) is 4.18 Å². The predicted molar refractivity (Wildman–Crippen MR) is 106 cm³/mol. The van der Waals surface area contributed by atoms with Crippen LogP contribution in [0.3, 0.4) is 0 Å². The van der Waals surface area contributed by atoms with Gasteiger partial charge in [0.25, 0.3) is 10.1 Å². The van der Waals surface area contributed by atoms with Crippen molar-refractivity contribution < 1.29 is 27.6 Å². The van der Waals surface area contributed by atoms with Gasteiger partial charge in [0.15, 0.2) is 0 Å².